The molecule has 0 N–H and O–H groups in total. The van der Waals surface area contributed by atoms with Crippen molar-refractivity contribution in [2.24, 2.45) is 0 Å². The monoisotopic (exact) mass is 337 g/mol. The van der Waals surface area contributed by atoms with Crippen molar-refractivity contribution in [1.82, 2.24) is 4.90 Å². The standard InChI is InChI=1S/C20H19NO4/c1-3-21(4-2)20(24)25-12-13-9-10-16-17(11-13)19(23)15-8-6-5-7-14(15)18(16)22/h5-11H,3-4,12H2,1-2H3. The molecule has 128 valence electrons. The molecule has 5 heteroatoms. The first-order chi connectivity index (χ1) is 12.1. The number of fused-ring (bicyclic) bond motifs is 2. The van der Waals surface area contributed by atoms with Gasteiger partial charge in [0.15, 0.2) is 11.6 Å². The molecule has 5 nitrogen and oxygen atoms in total. The Balaban J connectivity index is 1.84. The molecule has 2 aromatic rings. The molecular formula is C20H19NO4. The van der Waals surface area contributed by atoms with Crippen LogP contribution in [-0.2, 0) is 11.3 Å². The van der Waals surface area contributed by atoms with Crippen LogP contribution in [0.5, 0.6) is 0 Å². The van der Waals surface area contributed by atoms with Gasteiger partial charge in [-0.25, -0.2) is 4.79 Å². The Kier molecular flexibility index (Phi) is 4.65. The van der Waals surface area contributed by atoms with E-state index in [2.05, 4.69) is 0 Å². The van der Waals surface area contributed by atoms with Crippen molar-refractivity contribution in [3.63, 3.8) is 0 Å². The molecule has 0 aromatic heterocycles. The summed E-state index contributed by atoms with van der Waals surface area (Å²) in [5, 5.41) is 0. The summed E-state index contributed by atoms with van der Waals surface area (Å²) in [6, 6.07) is 11.8. The molecule has 1 aliphatic rings. The zero-order valence-corrected chi connectivity index (χ0v) is 14.2. The summed E-state index contributed by atoms with van der Waals surface area (Å²) in [6.07, 6.45) is -0.393. The minimum absolute atomic E-state index is 0.0612. The Morgan fingerprint density at radius 3 is 2.04 bits per heavy atom. The first-order valence-electron chi connectivity index (χ1n) is 8.29. The average molecular weight is 337 g/mol. The van der Waals surface area contributed by atoms with Crippen molar-refractivity contribution in [1.29, 1.82) is 0 Å². The second kappa shape index (κ2) is 6.89. The predicted octanol–water partition coefficient (Wildman–Crippen LogP) is 3.44. The minimum atomic E-state index is -0.393. The molecule has 1 amide bonds. The van der Waals surface area contributed by atoms with Crippen LogP contribution in [0.4, 0.5) is 4.79 Å². The summed E-state index contributed by atoms with van der Waals surface area (Å²) in [5.41, 5.74) is 2.28. The number of amides is 1. The Hall–Kier alpha value is -2.95. The van der Waals surface area contributed by atoms with E-state index < -0.39 is 6.09 Å². The number of carbonyl (C=O) groups excluding carboxylic acids is 3. The zero-order valence-electron chi connectivity index (χ0n) is 14.2. The second-order valence-corrected chi connectivity index (χ2v) is 5.81. The number of ether oxygens (including phenoxy) is 1. The first-order valence-corrected chi connectivity index (χ1v) is 8.29. The highest BCUT2D eigenvalue weighted by molar-refractivity contribution is 6.28. The van der Waals surface area contributed by atoms with Crippen LogP contribution < -0.4 is 0 Å². The molecule has 0 unspecified atom stereocenters. The molecule has 0 aliphatic heterocycles. The smallest absolute Gasteiger partial charge is 0.410 e. The summed E-state index contributed by atoms with van der Waals surface area (Å²) < 4.78 is 5.29. The molecule has 0 radical (unpaired) electrons. The van der Waals surface area contributed by atoms with Gasteiger partial charge in [0.1, 0.15) is 6.61 Å². The van der Waals surface area contributed by atoms with Crippen LogP contribution in [0.25, 0.3) is 0 Å². The lowest BCUT2D eigenvalue weighted by atomic mass is 9.83. The molecule has 0 saturated heterocycles. The van der Waals surface area contributed by atoms with Crippen LogP contribution in [-0.4, -0.2) is 35.6 Å². The van der Waals surface area contributed by atoms with Crippen molar-refractivity contribution >= 4 is 17.7 Å². The van der Waals surface area contributed by atoms with Crippen molar-refractivity contribution in [2.75, 3.05) is 13.1 Å². The van der Waals surface area contributed by atoms with Crippen molar-refractivity contribution < 1.29 is 19.1 Å². The van der Waals surface area contributed by atoms with Gasteiger partial charge in [0.25, 0.3) is 0 Å². The zero-order chi connectivity index (χ0) is 18.0. The van der Waals surface area contributed by atoms with Crippen LogP contribution in [0.3, 0.4) is 0 Å². The summed E-state index contributed by atoms with van der Waals surface area (Å²) in [7, 11) is 0. The number of carbonyl (C=O) groups is 3. The fraction of sp³-hybridized carbons (Fsp3) is 0.250. The minimum Gasteiger partial charge on any atom is -0.445 e. The van der Waals surface area contributed by atoms with E-state index in [4.69, 9.17) is 4.74 Å². The van der Waals surface area contributed by atoms with Gasteiger partial charge in [0.05, 0.1) is 0 Å². The maximum Gasteiger partial charge on any atom is 0.410 e. The topological polar surface area (TPSA) is 63.7 Å². The van der Waals surface area contributed by atoms with Crippen LogP contribution in [0, 0.1) is 0 Å². The quantitative estimate of drug-likeness (QED) is 0.731. The summed E-state index contributed by atoms with van der Waals surface area (Å²) >= 11 is 0. The highest BCUT2D eigenvalue weighted by Crippen LogP contribution is 2.28. The van der Waals surface area contributed by atoms with Crippen LogP contribution in [0.2, 0.25) is 0 Å². The maximum atomic E-state index is 12.7. The third kappa shape index (κ3) is 3.05. The van der Waals surface area contributed by atoms with E-state index in [0.29, 0.717) is 40.9 Å². The number of hydrogen-bond donors (Lipinski definition) is 0. The lowest BCUT2D eigenvalue weighted by Gasteiger charge is -2.19. The van der Waals surface area contributed by atoms with E-state index >= 15 is 0 Å². The molecule has 2 aromatic carbocycles. The molecule has 3 rings (SSSR count). The normalized spacial score (nSPS) is 12.4. The summed E-state index contributed by atoms with van der Waals surface area (Å²) in [6.45, 7) is 4.97. The SMILES string of the molecule is CCN(CC)C(=O)OCc1ccc2c(c1)C(=O)c1ccccc1C2=O. The maximum absolute atomic E-state index is 12.7. The van der Waals surface area contributed by atoms with E-state index in [0.717, 1.165) is 0 Å². The van der Waals surface area contributed by atoms with Crippen molar-refractivity contribution in [3.8, 4) is 0 Å². The van der Waals surface area contributed by atoms with Gasteiger partial charge in [-0.05, 0) is 31.5 Å². The fourth-order valence-electron chi connectivity index (χ4n) is 2.95. The van der Waals surface area contributed by atoms with E-state index in [-0.39, 0.29) is 18.2 Å². The summed E-state index contributed by atoms with van der Waals surface area (Å²) in [4.78, 5) is 38.7. The van der Waals surface area contributed by atoms with Crippen molar-refractivity contribution in [2.45, 2.75) is 20.5 Å². The molecule has 0 atom stereocenters. The number of rotatable bonds is 4. The van der Waals surface area contributed by atoms with Gasteiger partial charge in [-0.1, -0.05) is 30.3 Å². The third-order valence-electron chi connectivity index (χ3n) is 4.37. The number of nitrogens with zero attached hydrogens (tertiary/aromatic N) is 1. The molecule has 0 bridgehead atoms. The van der Waals surface area contributed by atoms with Crippen molar-refractivity contribution in [3.05, 3.63) is 70.3 Å². The molecular weight excluding hydrogens is 318 g/mol. The predicted molar refractivity (Wildman–Crippen MR) is 92.9 cm³/mol. The molecule has 25 heavy (non-hydrogen) atoms. The van der Waals surface area contributed by atoms with Gasteiger partial charge in [0, 0.05) is 35.3 Å². The largest absolute Gasteiger partial charge is 0.445 e. The Labute approximate surface area is 146 Å². The van der Waals surface area contributed by atoms with Crippen LogP contribution in [0.15, 0.2) is 42.5 Å². The molecule has 0 saturated carbocycles. The number of ketones is 2. The van der Waals surface area contributed by atoms with Gasteiger partial charge in [-0.15, -0.1) is 0 Å². The number of hydrogen-bond acceptors (Lipinski definition) is 4. The first kappa shape index (κ1) is 16.9. The van der Waals surface area contributed by atoms with E-state index in [9.17, 15) is 14.4 Å². The highest BCUT2D eigenvalue weighted by Gasteiger charge is 2.29. The van der Waals surface area contributed by atoms with Gasteiger partial charge < -0.3 is 9.64 Å². The fourth-order valence-corrected chi connectivity index (χ4v) is 2.95. The average Bonchev–Trinajstić information content (AvgIpc) is 2.65. The highest BCUT2D eigenvalue weighted by atomic mass is 16.6. The van der Waals surface area contributed by atoms with Gasteiger partial charge in [0.2, 0.25) is 0 Å². The lowest BCUT2D eigenvalue weighted by Crippen LogP contribution is -2.31. The summed E-state index contributed by atoms with van der Waals surface area (Å²) in [5.74, 6) is -0.334. The van der Waals surface area contributed by atoms with Crippen LogP contribution >= 0.6 is 0 Å². The molecule has 0 fully saturated rings. The van der Waals surface area contributed by atoms with E-state index in [1.54, 1.807) is 47.4 Å². The lowest BCUT2D eigenvalue weighted by molar-refractivity contribution is 0.0973. The van der Waals surface area contributed by atoms with Gasteiger partial charge in [-0.3, -0.25) is 9.59 Å². The third-order valence-corrected chi connectivity index (χ3v) is 4.37. The Morgan fingerprint density at radius 2 is 1.44 bits per heavy atom. The van der Waals surface area contributed by atoms with E-state index in [1.807, 2.05) is 13.8 Å². The van der Waals surface area contributed by atoms with Gasteiger partial charge in [-0.2, -0.15) is 0 Å². The number of benzene rings is 2. The second-order valence-electron chi connectivity index (χ2n) is 5.81. The molecule has 0 spiro atoms. The molecule has 0 heterocycles. The van der Waals surface area contributed by atoms with Crippen LogP contribution in [0.1, 0.15) is 51.3 Å². The molecule has 1 aliphatic carbocycles. The van der Waals surface area contributed by atoms with Gasteiger partial charge >= 0.3 is 6.09 Å². The Morgan fingerprint density at radius 1 is 0.880 bits per heavy atom. The Bertz CT molecular complexity index is 853. The van der Waals surface area contributed by atoms with E-state index in [1.165, 1.54) is 0 Å².